The lowest BCUT2D eigenvalue weighted by Crippen LogP contribution is -2.52. The van der Waals surface area contributed by atoms with Crippen molar-refractivity contribution in [3.05, 3.63) is 30.3 Å². The summed E-state index contributed by atoms with van der Waals surface area (Å²) in [7, 11) is -2.38. The molecule has 1 N–H and O–H groups in total. The minimum Gasteiger partial charge on any atom is -0.295 e. The van der Waals surface area contributed by atoms with E-state index in [0.29, 0.717) is 0 Å². The van der Waals surface area contributed by atoms with Gasteiger partial charge in [0.1, 0.15) is 6.04 Å². The van der Waals surface area contributed by atoms with Crippen LogP contribution in [-0.2, 0) is 19.6 Å². The van der Waals surface area contributed by atoms with Crippen LogP contribution in [0.1, 0.15) is 12.8 Å². The highest BCUT2D eigenvalue weighted by Gasteiger charge is 2.36. The summed E-state index contributed by atoms with van der Waals surface area (Å²) < 4.78 is 25.7. The van der Waals surface area contributed by atoms with Crippen molar-refractivity contribution < 1.29 is 18.0 Å². The van der Waals surface area contributed by atoms with Crippen LogP contribution >= 0.6 is 0 Å². The van der Waals surface area contributed by atoms with E-state index in [9.17, 15) is 18.0 Å². The molecule has 1 aliphatic heterocycles. The molecule has 0 aromatic heterocycles. The number of likely N-dealkylation sites (N-methyl/N-ethyl adjacent to an activating group) is 1. The lowest BCUT2D eigenvalue weighted by molar-refractivity contribution is -0.135. The number of rotatable bonds is 3. The van der Waals surface area contributed by atoms with Crippen LogP contribution in [0.5, 0.6) is 0 Å². The first-order valence-corrected chi connectivity index (χ1v) is 7.23. The fourth-order valence-electron chi connectivity index (χ4n) is 1.96. The minimum absolute atomic E-state index is 0.127. The van der Waals surface area contributed by atoms with Gasteiger partial charge in [-0.25, -0.2) is 8.42 Å². The van der Waals surface area contributed by atoms with Crippen molar-refractivity contribution in [3.63, 3.8) is 0 Å². The normalized spacial score (nSPS) is 20.4. The number of nitrogens with zero attached hydrogens (tertiary/aromatic N) is 1. The summed E-state index contributed by atoms with van der Waals surface area (Å²) in [5, 5.41) is 2.15. The monoisotopic (exact) mass is 282 g/mol. The highest BCUT2D eigenvalue weighted by atomic mass is 32.2. The Bertz CT molecular complexity index is 597. The third-order valence-corrected chi connectivity index (χ3v) is 4.95. The third kappa shape index (κ3) is 2.66. The molecule has 1 aliphatic rings. The second kappa shape index (κ2) is 5.10. The number of carbonyl (C=O) groups is 2. The maximum Gasteiger partial charge on any atom is 0.245 e. The van der Waals surface area contributed by atoms with Gasteiger partial charge >= 0.3 is 0 Å². The van der Waals surface area contributed by atoms with Gasteiger partial charge in [-0.2, -0.15) is 4.31 Å². The number of piperidine rings is 1. The van der Waals surface area contributed by atoms with E-state index < -0.39 is 22.0 Å². The van der Waals surface area contributed by atoms with Gasteiger partial charge < -0.3 is 0 Å². The molecule has 1 aromatic carbocycles. The Morgan fingerprint density at radius 2 is 1.84 bits per heavy atom. The van der Waals surface area contributed by atoms with Gasteiger partial charge in [-0.05, 0) is 18.6 Å². The number of amides is 2. The Morgan fingerprint density at radius 1 is 1.21 bits per heavy atom. The van der Waals surface area contributed by atoms with Crippen molar-refractivity contribution in [3.8, 4) is 0 Å². The predicted molar refractivity (Wildman–Crippen MR) is 67.6 cm³/mol. The number of hydrogen-bond donors (Lipinski definition) is 1. The molecule has 1 aromatic rings. The first-order chi connectivity index (χ1) is 8.93. The second-order valence-corrected chi connectivity index (χ2v) is 6.30. The fourth-order valence-corrected chi connectivity index (χ4v) is 3.33. The summed E-state index contributed by atoms with van der Waals surface area (Å²) in [6.07, 6.45) is 0.346. The Labute approximate surface area is 111 Å². The average molecular weight is 282 g/mol. The highest BCUT2D eigenvalue weighted by Crippen LogP contribution is 2.20. The Hall–Kier alpha value is -1.73. The average Bonchev–Trinajstić information content (AvgIpc) is 2.39. The summed E-state index contributed by atoms with van der Waals surface area (Å²) in [5.74, 6) is -0.940. The number of imide groups is 1. The van der Waals surface area contributed by atoms with Crippen LogP contribution in [0.25, 0.3) is 0 Å². The summed E-state index contributed by atoms with van der Waals surface area (Å²) >= 11 is 0. The quantitative estimate of drug-likeness (QED) is 0.798. The second-order valence-electron chi connectivity index (χ2n) is 4.30. The standard InChI is InChI=1S/C12H14N2O4S/c1-14(10-7-8-11(15)13-12(10)16)19(17,18)9-5-3-2-4-6-9/h2-6,10H,7-8H2,1H3,(H,13,15,16). The number of sulfonamides is 1. The van der Waals surface area contributed by atoms with Crippen molar-refractivity contribution in [2.75, 3.05) is 7.05 Å². The molecule has 1 unspecified atom stereocenters. The zero-order chi connectivity index (χ0) is 14.0. The molecular weight excluding hydrogens is 268 g/mol. The summed E-state index contributed by atoms with van der Waals surface area (Å²) in [5.41, 5.74) is 0. The molecule has 0 saturated carbocycles. The molecule has 1 atom stereocenters. The fraction of sp³-hybridized carbons (Fsp3) is 0.333. The Morgan fingerprint density at radius 3 is 2.42 bits per heavy atom. The highest BCUT2D eigenvalue weighted by molar-refractivity contribution is 7.89. The van der Waals surface area contributed by atoms with Crippen molar-refractivity contribution in [2.24, 2.45) is 0 Å². The zero-order valence-corrected chi connectivity index (χ0v) is 11.2. The maximum absolute atomic E-state index is 12.3. The minimum atomic E-state index is -3.73. The van der Waals surface area contributed by atoms with Crippen LogP contribution in [0.4, 0.5) is 0 Å². The smallest absolute Gasteiger partial charge is 0.245 e. The van der Waals surface area contributed by atoms with Gasteiger partial charge in [0.2, 0.25) is 21.8 Å². The van der Waals surface area contributed by atoms with Crippen LogP contribution in [-0.4, -0.2) is 37.6 Å². The van der Waals surface area contributed by atoms with E-state index in [-0.39, 0.29) is 23.6 Å². The molecule has 2 amide bonds. The van der Waals surface area contributed by atoms with Gasteiger partial charge in [0, 0.05) is 13.5 Å². The van der Waals surface area contributed by atoms with Crippen LogP contribution in [0.3, 0.4) is 0 Å². The number of nitrogens with one attached hydrogen (secondary N) is 1. The predicted octanol–water partition coefficient (Wildman–Crippen LogP) is 0.112. The molecule has 102 valence electrons. The third-order valence-electron chi connectivity index (χ3n) is 3.07. The molecule has 0 radical (unpaired) electrons. The Kier molecular flexibility index (Phi) is 3.68. The van der Waals surface area contributed by atoms with Gasteiger partial charge in [0.05, 0.1) is 4.90 Å². The molecule has 1 heterocycles. The zero-order valence-electron chi connectivity index (χ0n) is 10.4. The molecule has 6 nitrogen and oxygen atoms in total. The number of carbonyl (C=O) groups excluding carboxylic acids is 2. The van der Waals surface area contributed by atoms with E-state index in [1.807, 2.05) is 0 Å². The van der Waals surface area contributed by atoms with Crippen molar-refractivity contribution in [1.82, 2.24) is 9.62 Å². The molecule has 1 fully saturated rings. The first-order valence-electron chi connectivity index (χ1n) is 5.79. The molecule has 0 aliphatic carbocycles. The van der Waals surface area contributed by atoms with Crippen molar-refractivity contribution in [1.29, 1.82) is 0 Å². The number of benzene rings is 1. The van der Waals surface area contributed by atoms with E-state index in [4.69, 9.17) is 0 Å². The van der Waals surface area contributed by atoms with Gasteiger partial charge in [-0.1, -0.05) is 18.2 Å². The Balaban J connectivity index is 2.27. The lowest BCUT2D eigenvalue weighted by atomic mass is 10.1. The van der Waals surface area contributed by atoms with E-state index >= 15 is 0 Å². The van der Waals surface area contributed by atoms with E-state index in [0.717, 1.165) is 4.31 Å². The van der Waals surface area contributed by atoms with Crippen molar-refractivity contribution >= 4 is 21.8 Å². The molecule has 2 rings (SSSR count). The van der Waals surface area contributed by atoms with Gasteiger partial charge in [0.25, 0.3) is 0 Å². The molecular formula is C12H14N2O4S. The number of hydrogen-bond acceptors (Lipinski definition) is 4. The van der Waals surface area contributed by atoms with Crippen LogP contribution in [0, 0.1) is 0 Å². The molecule has 0 spiro atoms. The van der Waals surface area contributed by atoms with Gasteiger partial charge in [0.15, 0.2) is 0 Å². The molecule has 7 heteroatoms. The summed E-state index contributed by atoms with van der Waals surface area (Å²) in [6.45, 7) is 0. The lowest BCUT2D eigenvalue weighted by Gasteiger charge is -2.28. The SMILES string of the molecule is CN(C1CCC(=O)NC1=O)S(=O)(=O)c1ccccc1. The van der Waals surface area contributed by atoms with Crippen LogP contribution in [0.15, 0.2) is 35.2 Å². The van der Waals surface area contributed by atoms with Crippen LogP contribution < -0.4 is 5.32 Å². The van der Waals surface area contributed by atoms with Gasteiger partial charge in [-0.15, -0.1) is 0 Å². The molecule has 1 saturated heterocycles. The summed E-state index contributed by atoms with van der Waals surface area (Å²) in [6, 6.07) is 7.04. The van der Waals surface area contributed by atoms with E-state index in [1.165, 1.54) is 19.2 Å². The largest absolute Gasteiger partial charge is 0.295 e. The van der Waals surface area contributed by atoms with E-state index in [1.54, 1.807) is 18.2 Å². The summed E-state index contributed by atoms with van der Waals surface area (Å²) in [4.78, 5) is 22.9. The van der Waals surface area contributed by atoms with Gasteiger partial charge in [-0.3, -0.25) is 14.9 Å². The van der Waals surface area contributed by atoms with E-state index in [2.05, 4.69) is 5.32 Å². The van der Waals surface area contributed by atoms with Crippen molar-refractivity contribution in [2.45, 2.75) is 23.8 Å². The first kappa shape index (κ1) is 13.7. The molecule has 0 bridgehead atoms. The topological polar surface area (TPSA) is 83.6 Å². The molecule has 19 heavy (non-hydrogen) atoms. The van der Waals surface area contributed by atoms with Crippen LogP contribution in [0.2, 0.25) is 0 Å². The maximum atomic E-state index is 12.3.